The van der Waals surface area contributed by atoms with Crippen molar-refractivity contribution in [2.24, 2.45) is 7.05 Å². The van der Waals surface area contributed by atoms with Crippen molar-refractivity contribution in [1.82, 2.24) is 28.9 Å². The molecule has 0 amide bonds. The Labute approximate surface area is 124 Å². The van der Waals surface area contributed by atoms with Crippen LogP contribution < -0.4 is 5.69 Å². The number of aryl methyl sites for hydroxylation is 2. The van der Waals surface area contributed by atoms with Crippen LogP contribution in [0.4, 0.5) is 0 Å². The highest BCUT2D eigenvalue weighted by Crippen LogP contribution is 2.05. The Morgan fingerprint density at radius 2 is 2.10 bits per heavy atom. The lowest BCUT2D eigenvalue weighted by atomic mass is 10.6. The van der Waals surface area contributed by atoms with Gasteiger partial charge >= 0.3 is 5.69 Å². The highest BCUT2D eigenvalue weighted by molar-refractivity contribution is 7.97. The molecule has 0 radical (unpaired) electrons. The van der Waals surface area contributed by atoms with E-state index in [2.05, 4.69) is 15.3 Å². The first-order chi connectivity index (χ1) is 9.38. The molecule has 8 nitrogen and oxygen atoms in total. The van der Waals surface area contributed by atoms with Crippen molar-refractivity contribution in [1.29, 1.82) is 0 Å². The van der Waals surface area contributed by atoms with Crippen molar-refractivity contribution in [2.45, 2.75) is 17.8 Å². The largest absolute Gasteiger partial charge is 0.347 e. The van der Waals surface area contributed by atoms with Gasteiger partial charge in [0, 0.05) is 7.05 Å². The number of rotatable bonds is 4. The van der Waals surface area contributed by atoms with Gasteiger partial charge in [-0.3, -0.25) is 4.57 Å². The summed E-state index contributed by atoms with van der Waals surface area (Å²) < 4.78 is 16.1. The number of hydrogen-bond donors (Lipinski definition) is 0. The Morgan fingerprint density at radius 3 is 2.65 bits per heavy atom. The molecule has 10 heteroatoms. The molecule has 0 saturated heterocycles. The molecule has 1 rings (SSSR count). The Balaban J connectivity index is 3.60. The molecule has 112 valence electrons. The van der Waals surface area contributed by atoms with Gasteiger partial charge in [0.05, 0.1) is 17.9 Å². The Kier molecular flexibility index (Phi) is 6.30. The van der Waals surface area contributed by atoms with Crippen LogP contribution in [-0.4, -0.2) is 53.4 Å². The van der Waals surface area contributed by atoms with Crippen LogP contribution in [0.25, 0.3) is 0 Å². The van der Waals surface area contributed by atoms with Gasteiger partial charge in [0.25, 0.3) is 0 Å². The van der Waals surface area contributed by atoms with E-state index in [-0.39, 0.29) is 10.7 Å². The van der Waals surface area contributed by atoms with Gasteiger partial charge in [0.15, 0.2) is 5.03 Å². The quantitative estimate of drug-likeness (QED) is 0.758. The first kappa shape index (κ1) is 16.8. The second-order valence-corrected chi connectivity index (χ2v) is 6.55. The minimum atomic E-state index is -1.46. The summed E-state index contributed by atoms with van der Waals surface area (Å²) in [7, 11) is 3.45. The first-order valence-electron chi connectivity index (χ1n) is 5.67. The summed E-state index contributed by atoms with van der Waals surface area (Å²) in [5, 5.41) is 8.11. The zero-order valence-corrected chi connectivity index (χ0v) is 13.7. The van der Waals surface area contributed by atoms with Crippen LogP contribution in [0.15, 0.2) is 16.1 Å². The van der Waals surface area contributed by atoms with Gasteiger partial charge in [0.2, 0.25) is 0 Å². The van der Waals surface area contributed by atoms with E-state index >= 15 is 0 Å². The molecule has 1 unspecified atom stereocenters. The zero-order chi connectivity index (χ0) is 15.3. The number of thioether (sulfide) groups is 1. The van der Waals surface area contributed by atoms with E-state index in [1.165, 1.54) is 31.6 Å². The van der Waals surface area contributed by atoms with E-state index in [1.54, 1.807) is 28.1 Å². The van der Waals surface area contributed by atoms with Gasteiger partial charge in [-0.25, -0.2) is 18.3 Å². The maximum Gasteiger partial charge on any atom is 0.347 e. The van der Waals surface area contributed by atoms with Crippen LogP contribution in [-0.2, 0) is 23.9 Å². The SMILES string of the molecule is CSCn1nnc(C)c(S(=O)N(C)C)ncn(C)c1=O. The van der Waals surface area contributed by atoms with Crippen molar-refractivity contribution in [3.05, 3.63) is 22.5 Å². The lowest BCUT2D eigenvalue weighted by Gasteiger charge is -2.07. The molecule has 0 fully saturated rings. The fourth-order valence-electron chi connectivity index (χ4n) is 1.21. The summed E-state index contributed by atoms with van der Waals surface area (Å²) in [6, 6.07) is 0. The van der Waals surface area contributed by atoms with Crippen LogP contribution in [0, 0.1) is 6.92 Å². The molecule has 0 aromatic carbocycles. The van der Waals surface area contributed by atoms with Gasteiger partial charge in [-0.2, -0.15) is 4.68 Å². The van der Waals surface area contributed by atoms with Gasteiger partial charge in [-0.15, -0.1) is 16.9 Å². The van der Waals surface area contributed by atoms with Crippen molar-refractivity contribution >= 4 is 22.7 Å². The second-order valence-electron chi connectivity index (χ2n) is 4.10. The zero-order valence-electron chi connectivity index (χ0n) is 12.1. The van der Waals surface area contributed by atoms with E-state index in [1.807, 2.05) is 6.26 Å². The molecule has 20 heavy (non-hydrogen) atoms. The monoisotopic (exact) mass is 318 g/mol. The van der Waals surface area contributed by atoms with Gasteiger partial charge in [-0.05, 0) is 27.3 Å². The fraction of sp³-hybridized carbons (Fsp3) is 0.600. The summed E-state index contributed by atoms with van der Waals surface area (Å²) in [4.78, 5) is 16.1. The van der Waals surface area contributed by atoms with Crippen LogP contribution in [0.3, 0.4) is 0 Å². The average Bonchev–Trinajstić information content (AvgIpc) is 2.45. The molecular formula is C10H18N6O2S2. The molecule has 1 atom stereocenters. The van der Waals surface area contributed by atoms with E-state index in [4.69, 9.17) is 0 Å². The third kappa shape index (κ3) is 4.12. The molecule has 1 aromatic heterocycles. The normalized spacial score (nSPS) is 12.3. The van der Waals surface area contributed by atoms with Crippen LogP contribution >= 0.6 is 11.8 Å². The smallest absolute Gasteiger partial charge is 0.286 e. The predicted octanol–water partition coefficient (Wildman–Crippen LogP) is -0.291. The summed E-state index contributed by atoms with van der Waals surface area (Å²) in [5.74, 6) is 0.375. The molecule has 0 aliphatic carbocycles. The van der Waals surface area contributed by atoms with Crippen molar-refractivity contribution in [3.63, 3.8) is 0 Å². The Bertz CT molecular complexity index is 608. The standard InChI is InChI=1S/C10H18N6O2S2/c1-8-9(20(18)14(2)3)11-6-15(4)10(17)16(7-19-5)13-12-8/h6H,7H2,1-5H3. The molecule has 1 aromatic rings. The number of aromatic nitrogens is 5. The predicted molar refractivity (Wildman–Crippen MR) is 79.0 cm³/mol. The molecule has 0 aliphatic heterocycles. The summed E-state index contributed by atoms with van der Waals surface area (Å²) in [5.41, 5.74) is 0.0546. The van der Waals surface area contributed by atoms with E-state index in [0.717, 1.165) is 0 Å². The minimum Gasteiger partial charge on any atom is -0.286 e. The topological polar surface area (TPSA) is 85.9 Å². The molecule has 0 N–H and O–H groups in total. The molecule has 0 spiro atoms. The van der Waals surface area contributed by atoms with Crippen LogP contribution in [0.5, 0.6) is 0 Å². The van der Waals surface area contributed by atoms with E-state index in [9.17, 15) is 9.00 Å². The van der Waals surface area contributed by atoms with E-state index < -0.39 is 11.0 Å². The lowest BCUT2D eigenvalue weighted by molar-refractivity contribution is 0.586. The Hall–Kier alpha value is -1.26. The maximum absolute atomic E-state index is 12.1. The lowest BCUT2D eigenvalue weighted by Crippen LogP contribution is -2.28. The first-order valence-corrected chi connectivity index (χ1v) is 8.17. The molecular weight excluding hydrogens is 300 g/mol. The maximum atomic E-state index is 12.1. The van der Waals surface area contributed by atoms with Gasteiger partial charge in [0.1, 0.15) is 11.0 Å². The number of nitrogens with zero attached hydrogens (tertiary/aromatic N) is 6. The van der Waals surface area contributed by atoms with Crippen LogP contribution in [0.2, 0.25) is 0 Å². The summed E-state index contributed by atoms with van der Waals surface area (Å²) >= 11 is 1.45. The summed E-state index contributed by atoms with van der Waals surface area (Å²) in [6.07, 6.45) is 3.19. The average molecular weight is 318 g/mol. The fourth-order valence-corrected chi connectivity index (χ4v) is 2.40. The molecule has 0 aliphatic rings. The Morgan fingerprint density at radius 1 is 1.45 bits per heavy atom. The minimum absolute atomic E-state index is 0.268. The summed E-state index contributed by atoms with van der Waals surface area (Å²) in [6.45, 7) is 1.66. The van der Waals surface area contributed by atoms with Gasteiger partial charge in [-0.1, -0.05) is 5.21 Å². The van der Waals surface area contributed by atoms with E-state index in [0.29, 0.717) is 11.6 Å². The highest BCUT2D eigenvalue weighted by atomic mass is 32.2. The molecule has 1 heterocycles. The molecule has 0 bridgehead atoms. The molecule has 0 saturated carbocycles. The van der Waals surface area contributed by atoms with Crippen LogP contribution in [0.1, 0.15) is 5.69 Å². The third-order valence-electron chi connectivity index (χ3n) is 2.23. The number of hydrogen-bond acceptors (Lipinski definition) is 6. The van der Waals surface area contributed by atoms with Crippen molar-refractivity contribution in [3.8, 4) is 0 Å². The highest BCUT2D eigenvalue weighted by Gasteiger charge is 2.11. The van der Waals surface area contributed by atoms with Crippen molar-refractivity contribution in [2.75, 3.05) is 20.4 Å². The third-order valence-corrected chi connectivity index (χ3v) is 4.13. The van der Waals surface area contributed by atoms with Gasteiger partial charge < -0.3 is 0 Å². The second kappa shape index (κ2) is 7.50. The van der Waals surface area contributed by atoms with Crippen molar-refractivity contribution < 1.29 is 4.21 Å².